The molecule has 1 unspecified atom stereocenters. The monoisotopic (exact) mass is 334 g/mol. The lowest BCUT2D eigenvalue weighted by molar-refractivity contribution is -0.124. The molecule has 2 rings (SSSR count). The molecule has 2 amide bonds. The third-order valence-corrected chi connectivity index (χ3v) is 5.01. The summed E-state index contributed by atoms with van der Waals surface area (Å²) in [7, 11) is 0. The van der Waals surface area contributed by atoms with Gasteiger partial charge in [-0.2, -0.15) is 0 Å². The van der Waals surface area contributed by atoms with Gasteiger partial charge in [0, 0.05) is 17.9 Å². The predicted molar refractivity (Wildman–Crippen MR) is 95.7 cm³/mol. The summed E-state index contributed by atoms with van der Waals surface area (Å²) >= 11 is 1.63. The second kappa shape index (κ2) is 7.39. The molecule has 1 aromatic carbocycles. The van der Waals surface area contributed by atoms with Gasteiger partial charge in [-0.05, 0) is 29.5 Å². The molecule has 23 heavy (non-hydrogen) atoms. The van der Waals surface area contributed by atoms with E-state index in [1.165, 1.54) is 5.56 Å². The van der Waals surface area contributed by atoms with E-state index >= 15 is 0 Å². The first-order chi connectivity index (χ1) is 10.8. The number of hydrogen-bond acceptors (Lipinski definition) is 3. The molecule has 126 valence electrons. The van der Waals surface area contributed by atoms with Crippen LogP contribution in [-0.2, 0) is 10.2 Å². The molecule has 1 aliphatic heterocycles. The fraction of sp³-hybridized carbons (Fsp3) is 0.556. The highest BCUT2D eigenvalue weighted by atomic mass is 32.2. The van der Waals surface area contributed by atoms with Crippen molar-refractivity contribution in [2.75, 3.05) is 18.2 Å². The topological polar surface area (TPSA) is 49.4 Å². The molecule has 1 saturated heterocycles. The van der Waals surface area contributed by atoms with Crippen LogP contribution in [0, 0.1) is 0 Å². The first-order valence-corrected chi connectivity index (χ1v) is 9.27. The molecular formula is C18H26N2O2S. The molecule has 1 fully saturated rings. The number of benzene rings is 1. The molecule has 1 aromatic rings. The zero-order valence-electron chi connectivity index (χ0n) is 14.4. The Bertz CT molecular complexity index is 563. The van der Waals surface area contributed by atoms with Crippen molar-refractivity contribution in [3.8, 4) is 0 Å². The van der Waals surface area contributed by atoms with E-state index < -0.39 is 0 Å². The van der Waals surface area contributed by atoms with Crippen molar-refractivity contribution < 1.29 is 9.59 Å². The molecule has 1 atom stereocenters. The minimum atomic E-state index is -0.360. The normalized spacial score (nSPS) is 18.1. The number of amides is 2. The molecule has 0 spiro atoms. The lowest BCUT2D eigenvalue weighted by atomic mass is 9.86. The van der Waals surface area contributed by atoms with Gasteiger partial charge in [0.15, 0.2) is 0 Å². The van der Waals surface area contributed by atoms with Gasteiger partial charge >= 0.3 is 0 Å². The van der Waals surface area contributed by atoms with Crippen molar-refractivity contribution in [1.29, 1.82) is 0 Å². The van der Waals surface area contributed by atoms with Gasteiger partial charge in [0.2, 0.25) is 5.91 Å². The van der Waals surface area contributed by atoms with Crippen molar-refractivity contribution in [3.63, 3.8) is 0 Å². The van der Waals surface area contributed by atoms with Crippen molar-refractivity contribution in [3.05, 3.63) is 35.4 Å². The van der Waals surface area contributed by atoms with E-state index in [1.54, 1.807) is 16.7 Å². The Labute approximate surface area is 143 Å². The first kappa shape index (κ1) is 17.9. The Hall–Kier alpha value is -1.49. The van der Waals surface area contributed by atoms with Crippen LogP contribution in [0.15, 0.2) is 24.3 Å². The Kier molecular flexibility index (Phi) is 5.74. The molecule has 1 N–H and O–H groups in total. The van der Waals surface area contributed by atoms with Crippen molar-refractivity contribution in [2.45, 2.75) is 45.6 Å². The third-order valence-electron chi connectivity index (χ3n) is 3.99. The van der Waals surface area contributed by atoms with E-state index in [1.807, 2.05) is 31.2 Å². The maximum Gasteiger partial charge on any atom is 0.255 e. The van der Waals surface area contributed by atoms with Crippen molar-refractivity contribution in [2.24, 2.45) is 0 Å². The second-order valence-electron chi connectivity index (χ2n) is 6.91. The van der Waals surface area contributed by atoms with Gasteiger partial charge in [0.05, 0.1) is 5.88 Å². The number of carbonyl (C=O) groups excluding carboxylic acids is 2. The fourth-order valence-electron chi connectivity index (χ4n) is 2.50. The standard InChI is InChI=1S/C18H26N2O2S/c1-5-10-19-16(21)15-11-23-12-20(15)17(22)13-6-8-14(9-7-13)18(2,3)4/h6-9,15H,5,10-12H2,1-4H3,(H,19,21). The van der Waals surface area contributed by atoms with Crippen LogP contribution in [0.25, 0.3) is 0 Å². The Morgan fingerprint density at radius 1 is 1.26 bits per heavy atom. The van der Waals surface area contributed by atoms with Gasteiger partial charge in [0.1, 0.15) is 6.04 Å². The summed E-state index contributed by atoms with van der Waals surface area (Å²) < 4.78 is 0. The number of hydrogen-bond donors (Lipinski definition) is 1. The Balaban J connectivity index is 2.11. The maximum atomic E-state index is 12.7. The average molecular weight is 334 g/mol. The molecule has 0 radical (unpaired) electrons. The molecule has 0 saturated carbocycles. The zero-order chi connectivity index (χ0) is 17.0. The summed E-state index contributed by atoms with van der Waals surface area (Å²) in [5, 5.41) is 2.89. The van der Waals surface area contributed by atoms with E-state index in [-0.39, 0.29) is 23.3 Å². The second-order valence-corrected chi connectivity index (χ2v) is 7.91. The Morgan fingerprint density at radius 2 is 1.91 bits per heavy atom. The number of rotatable bonds is 4. The molecule has 0 bridgehead atoms. The minimum absolute atomic E-state index is 0.0449. The molecule has 0 aliphatic carbocycles. The van der Waals surface area contributed by atoms with Crippen LogP contribution in [0.3, 0.4) is 0 Å². The summed E-state index contributed by atoms with van der Waals surface area (Å²) in [6.45, 7) is 9.12. The largest absolute Gasteiger partial charge is 0.354 e. The van der Waals surface area contributed by atoms with Gasteiger partial charge < -0.3 is 10.2 Å². The molecule has 4 nitrogen and oxygen atoms in total. The van der Waals surface area contributed by atoms with Gasteiger partial charge in [-0.15, -0.1) is 11.8 Å². The van der Waals surface area contributed by atoms with E-state index in [9.17, 15) is 9.59 Å². The smallest absolute Gasteiger partial charge is 0.255 e. The highest BCUT2D eigenvalue weighted by molar-refractivity contribution is 7.99. The number of carbonyl (C=O) groups is 2. The molecule has 0 aromatic heterocycles. The van der Waals surface area contributed by atoms with E-state index in [0.717, 1.165) is 6.42 Å². The highest BCUT2D eigenvalue weighted by Gasteiger charge is 2.34. The van der Waals surface area contributed by atoms with Crippen LogP contribution in [0.4, 0.5) is 0 Å². The number of nitrogens with one attached hydrogen (secondary N) is 1. The van der Waals surface area contributed by atoms with Crippen LogP contribution < -0.4 is 5.32 Å². The van der Waals surface area contributed by atoms with Crippen LogP contribution in [0.5, 0.6) is 0 Å². The predicted octanol–water partition coefficient (Wildman–Crippen LogP) is 3.03. The van der Waals surface area contributed by atoms with Gasteiger partial charge in [0.25, 0.3) is 5.91 Å². The molecule has 5 heteroatoms. The quantitative estimate of drug-likeness (QED) is 0.921. The third kappa shape index (κ3) is 4.28. The van der Waals surface area contributed by atoms with Crippen molar-refractivity contribution >= 4 is 23.6 Å². The SMILES string of the molecule is CCCNC(=O)C1CSCN1C(=O)c1ccc(C(C)(C)C)cc1. The van der Waals surface area contributed by atoms with E-state index in [0.29, 0.717) is 23.7 Å². The number of nitrogens with zero attached hydrogens (tertiary/aromatic N) is 1. The first-order valence-electron chi connectivity index (χ1n) is 8.11. The van der Waals surface area contributed by atoms with Crippen LogP contribution >= 0.6 is 11.8 Å². The molecule has 1 aliphatic rings. The summed E-state index contributed by atoms with van der Waals surface area (Å²) in [6, 6.07) is 7.38. The maximum absolute atomic E-state index is 12.7. The summed E-state index contributed by atoms with van der Waals surface area (Å²) in [4.78, 5) is 26.6. The van der Waals surface area contributed by atoms with Gasteiger partial charge in [-0.1, -0.05) is 39.8 Å². The van der Waals surface area contributed by atoms with E-state index in [4.69, 9.17) is 0 Å². The summed E-state index contributed by atoms with van der Waals surface area (Å²) in [5.74, 6) is 1.13. The number of thioether (sulfide) groups is 1. The summed E-state index contributed by atoms with van der Waals surface area (Å²) in [5.41, 5.74) is 1.91. The highest BCUT2D eigenvalue weighted by Crippen LogP contribution is 2.25. The van der Waals surface area contributed by atoms with E-state index in [2.05, 4.69) is 26.1 Å². The van der Waals surface area contributed by atoms with Gasteiger partial charge in [-0.3, -0.25) is 9.59 Å². The van der Waals surface area contributed by atoms with Crippen LogP contribution in [-0.4, -0.2) is 40.9 Å². The lowest BCUT2D eigenvalue weighted by Gasteiger charge is -2.24. The lowest BCUT2D eigenvalue weighted by Crippen LogP contribution is -2.47. The zero-order valence-corrected chi connectivity index (χ0v) is 15.2. The van der Waals surface area contributed by atoms with Crippen molar-refractivity contribution in [1.82, 2.24) is 10.2 Å². The average Bonchev–Trinajstić information content (AvgIpc) is 3.00. The fourth-order valence-corrected chi connectivity index (χ4v) is 3.66. The summed E-state index contributed by atoms with van der Waals surface area (Å²) in [6.07, 6.45) is 0.897. The Morgan fingerprint density at radius 3 is 2.48 bits per heavy atom. The minimum Gasteiger partial charge on any atom is -0.354 e. The molecular weight excluding hydrogens is 308 g/mol. The molecule has 1 heterocycles. The van der Waals surface area contributed by atoms with Crippen LogP contribution in [0.1, 0.15) is 50.0 Å². The van der Waals surface area contributed by atoms with Gasteiger partial charge in [-0.25, -0.2) is 0 Å². The van der Waals surface area contributed by atoms with Crippen LogP contribution in [0.2, 0.25) is 0 Å².